The van der Waals surface area contributed by atoms with E-state index < -0.39 is 0 Å². The lowest BCUT2D eigenvalue weighted by molar-refractivity contribution is -0.134. The topological polar surface area (TPSA) is 49.6 Å². The molecular weight excluding hydrogens is 245 g/mol. The quantitative estimate of drug-likeness (QED) is 0.828. The minimum atomic E-state index is -0.302. The molecule has 19 heavy (non-hydrogen) atoms. The Hall–Kier alpha value is -1.78. The van der Waals surface area contributed by atoms with E-state index in [0.717, 1.165) is 0 Å². The molecule has 1 aromatic carbocycles. The Balaban J connectivity index is 2.02. The lowest BCUT2D eigenvalue weighted by Gasteiger charge is -2.37. The first kappa shape index (κ1) is 13.6. The van der Waals surface area contributed by atoms with Crippen LogP contribution in [-0.2, 0) is 4.79 Å². The second kappa shape index (κ2) is 5.47. The van der Waals surface area contributed by atoms with E-state index >= 15 is 0 Å². The SMILES string of the molecule is CC(C)C(=O)N1CCN(c2ccc(N)cc2F)CC1. The van der Waals surface area contributed by atoms with Crippen molar-refractivity contribution >= 4 is 17.3 Å². The second-order valence-electron chi connectivity index (χ2n) is 5.18. The van der Waals surface area contributed by atoms with E-state index in [1.165, 1.54) is 6.07 Å². The third-order valence-corrected chi connectivity index (χ3v) is 3.40. The van der Waals surface area contributed by atoms with E-state index in [9.17, 15) is 9.18 Å². The van der Waals surface area contributed by atoms with Crippen LogP contribution >= 0.6 is 0 Å². The van der Waals surface area contributed by atoms with Crippen LogP contribution in [-0.4, -0.2) is 37.0 Å². The predicted octanol–water partition coefficient (Wildman–Crippen LogP) is 1.71. The molecule has 0 aliphatic carbocycles. The molecule has 1 saturated heterocycles. The zero-order chi connectivity index (χ0) is 14.0. The first-order valence-corrected chi connectivity index (χ1v) is 6.58. The summed E-state index contributed by atoms with van der Waals surface area (Å²) in [6.45, 7) is 6.38. The summed E-state index contributed by atoms with van der Waals surface area (Å²) in [6.07, 6.45) is 0. The van der Waals surface area contributed by atoms with Gasteiger partial charge in [-0.25, -0.2) is 4.39 Å². The number of benzene rings is 1. The van der Waals surface area contributed by atoms with Crippen molar-refractivity contribution in [3.63, 3.8) is 0 Å². The smallest absolute Gasteiger partial charge is 0.225 e. The van der Waals surface area contributed by atoms with Crippen LogP contribution in [0.25, 0.3) is 0 Å². The summed E-state index contributed by atoms with van der Waals surface area (Å²) < 4.78 is 13.8. The van der Waals surface area contributed by atoms with E-state index in [0.29, 0.717) is 37.6 Å². The maximum Gasteiger partial charge on any atom is 0.225 e. The van der Waals surface area contributed by atoms with Gasteiger partial charge in [0.05, 0.1) is 5.69 Å². The molecule has 1 amide bonds. The minimum Gasteiger partial charge on any atom is -0.399 e. The average Bonchev–Trinajstić information content (AvgIpc) is 2.38. The average molecular weight is 265 g/mol. The lowest BCUT2D eigenvalue weighted by Crippen LogP contribution is -2.50. The van der Waals surface area contributed by atoms with Crippen LogP contribution in [0.5, 0.6) is 0 Å². The van der Waals surface area contributed by atoms with E-state index in [2.05, 4.69) is 0 Å². The fraction of sp³-hybridized carbons (Fsp3) is 0.500. The molecular formula is C14H20FN3O. The summed E-state index contributed by atoms with van der Waals surface area (Å²) >= 11 is 0. The molecule has 1 aromatic rings. The zero-order valence-corrected chi connectivity index (χ0v) is 11.4. The van der Waals surface area contributed by atoms with Gasteiger partial charge in [-0.05, 0) is 18.2 Å². The summed E-state index contributed by atoms with van der Waals surface area (Å²) in [5.74, 6) is -0.124. The number of hydrogen-bond acceptors (Lipinski definition) is 3. The Morgan fingerprint density at radius 2 is 1.89 bits per heavy atom. The molecule has 0 radical (unpaired) electrons. The fourth-order valence-electron chi connectivity index (χ4n) is 2.31. The first-order chi connectivity index (χ1) is 8.99. The molecule has 104 valence electrons. The number of carbonyl (C=O) groups excluding carboxylic acids is 1. The van der Waals surface area contributed by atoms with Gasteiger partial charge in [0.15, 0.2) is 0 Å². The molecule has 1 aliphatic heterocycles. The van der Waals surface area contributed by atoms with E-state index in [1.54, 1.807) is 12.1 Å². The highest BCUT2D eigenvalue weighted by Gasteiger charge is 2.24. The number of nitrogens with zero attached hydrogens (tertiary/aromatic N) is 2. The predicted molar refractivity (Wildman–Crippen MR) is 74.4 cm³/mol. The van der Waals surface area contributed by atoms with Gasteiger partial charge in [-0.2, -0.15) is 0 Å². The number of carbonyl (C=O) groups is 1. The minimum absolute atomic E-state index is 0.0137. The second-order valence-corrected chi connectivity index (χ2v) is 5.18. The van der Waals surface area contributed by atoms with Crippen molar-refractivity contribution in [2.45, 2.75) is 13.8 Å². The molecule has 2 N–H and O–H groups in total. The third kappa shape index (κ3) is 2.97. The van der Waals surface area contributed by atoms with Crippen molar-refractivity contribution in [2.24, 2.45) is 5.92 Å². The standard InChI is InChI=1S/C14H20FN3O/c1-10(2)14(19)18-7-5-17(6-8-18)13-4-3-11(16)9-12(13)15/h3-4,9-10H,5-8,16H2,1-2H3. The molecule has 0 unspecified atom stereocenters. The molecule has 0 spiro atoms. The van der Waals surface area contributed by atoms with Crippen LogP contribution in [0.2, 0.25) is 0 Å². The Kier molecular flexibility index (Phi) is 3.93. The number of rotatable bonds is 2. The molecule has 0 aromatic heterocycles. The summed E-state index contributed by atoms with van der Waals surface area (Å²) in [4.78, 5) is 15.7. The van der Waals surface area contributed by atoms with E-state index in [-0.39, 0.29) is 17.6 Å². The Morgan fingerprint density at radius 1 is 1.26 bits per heavy atom. The summed E-state index contributed by atoms with van der Waals surface area (Å²) in [5.41, 5.74) is 6.53. The Labute approximate surface area is 113 Å². The first-order valence-electron chi connectivity index (χ1n) is 6.58. The number of anilines is 2. The van der Waals surface area contributed by atoms with Gasteiger partial charge in [0.1, 0.15) is 5.82 Å². The van der Waals surface area contributed by atoms with Gasteiger partial charge in [0, 0.05) is 37.8 Å². The highest BCUT2D eigenvalue weighted by atomic mass is 19.1. The van der Waals surface area contributed by atoms with Gasteiger partial charge in [-0.1, -0.05) is 13.8 Å². The van der Waals surface area contributed by atoms with Crippen molar-refractivity contribution in [1.29, 1.82) is 0 Å². The van der Waals surface area contributed by atoms with E-state index in [4.69, 9.17) is 5.73 Å². The molecule has 1 fully saturated rings. The number of nitrogen functional groups attached to an aromatic ring is 1. The van der Waals surface area contributed by atoms with Crippen molar-refractivity contribution in [3.05, 3.63) is 24.0 Å². The molecule has 2 rings (SSSR count). The van der Waals surface area contributed by atoms with Gasteiger partial charge in [0.25, 0.3) is 0 Å². The van der Waals surface area contributed by atoms with Gasteiger partial charge < -0.3 is 15.5 Å². The van der Waals surface area contributed by atoms with Crippen LogP contribution in [0.15, 0.2) is 18.2 Å². The molecule has 5 heteroatoms. The molecule has 0 atom stereocenters. The normalized spacial score (nSPS) is 16.0. The van der Waals surface area contributed by atoms with Gasteiger partial charge in [-0.15, -0.1) is 0 Å². The molecule has 0 saturated carbocycles. The summed E-state index contributed by atoms with van der Waals surface area (Å²) in [6, 6.07) is 4.73. The zero-order valence-electron chi connectivity index (χ0n) is 11.4. The Bertz CT molecular complexity index is 468. The third-order valence-electron chi connectivity index (χ3n) is 3.40. The van der Waals surface area contributed by atoms with Crippen LogP contribution in [0, 0.1) is 11.7 Å². The van der Waals surface area contributed by atoms with E-state index in [1.807, 2.05) is 23.6 Å². The van der Waals surface area contributed by atoms with Crippen molar-refractivity contribution in [2.75, 3.05) is 36.8 Å². The largest absolute Gasteiger partial charge is 0.399 e. The highest BCUT2D eigenvalue weighted by molar-refractivity contribution is 5.78. The fourth-order valence-corrected chi connectivity index (χ4v) is 2.31. The van der Waals surface area contributed by atoms with Gasteiger partial charge in [-0.3, -0.25) is 4.79 Å². The molecule has 0 bridgehead atoms. The Morgan fingerprint density at radius 3 is 2.42 bits per heavy atom. The molecule has 1 aliphatic rings. The van der Waals surface area contributed by atoms with Crippen LogP contribution in [0.3, 0.4) is 0 Å². The van der Waals surface area contributed by atoms with Crippen LogP contribution in [0.4, 0.5) is 15.8 Å². The highest BCUT2D eigenvalue weighted by Crippen LogP contribution is 2.23. The molecule has 4 nitrogen and oxygen atoms in total. The maximum atomic E-state index is 13.8. The maximum absolute atomic E-state index is 13.8. The van der Waals surface area contributed by atoms with Crippen LogP contribution in [0.1, 0.15) is 13.8 Å². The number of hydrogen-bond donors (Lipinski definition) is 1. The number of amides is 1. The van der Waals surface area contributed by atoms with Gasteiger partial charge in [0.2, 0.25) is 5.91 Å². The monoisotopic (exact) mass is 265 g/mol. The number of nitrogens with two attached hydrogens (primary N) is 1. The van der Waals surface area contributed by atoms with Crippen molar-refractivity contribution in [1.82, 2.24) is 4.90 Å². The summed E-state index contributed by atoms with van der Waals surface area (Å²) in [5, 5.41) is 0. The number of piperazine rings is 1. The van der Waals surface area contributed by atoms with Gasteiger partial charge >= 0.3 is 0 Å². The molecule has 1 heterocycles. The van der Waals surface area contributed by atoms with Crippen molar-refractivity contribution < 1.29 is 9.18 Å². The van der Waals surface area contributed by atoms with Crippen LogP contribution < -0.4 is 10.6 Å². The number of halogens is 1. The summed E-state index contributed by atoms with van der Waals surface area (Å²) in [7, 11) is 0. The van der Waals surface area contributed by atoms with Crippen molar-refractivity contribution in [3.8, 4) is 0 Å². The lowest BCUT2D eigenvalue weighted by atomic mass is 10.1.